The van der Waals surface area contributed by atoms with Crippen molar-refractivity contribution in [3.05, 3.63) is 0 Å². The Morgan fingerprint density at radius 3 is 2.22 bits per heavy atom. The molecule has 0 saturated carbocycles. The third-order valence-corrected chi connectivity index (χ3v) is 5.46. The van der Waals surface area contributed by atoms with E-state index in [0.717, 1.165) is 13.2 Å². The van der Waals surface area contributed by atoms with Gasteiger partial charge in [0.05, 0.1) is 17.1 Å². The van der Waals surface area contributed by atoms with Crippen LogP contribution in [-0.4, -0.2) is 65.4 Å². The van der Waals surface area contributed by atoms with Crippen LogP contribution in [0.5, 0.6) is 0 Å². The van der Waals surface area contributed by atoms with E-state index in [9.17, 15) is 0 Å². The van der Waals surface area contributed by atoms with Crippen molar-refractivity contribution in [3.63, 3.8) is 0 Å². The lowest BCUT2D eigenvalue weighted by molar-refractivity contribution is -0.0204. The summed E-state index contributed by atoms with van der Waals surface area (Å²) in [5.74, 6) is 1.34. The van der Waals surface area contributed by atoms with Gasteiger partial charge in [0.25, 0.3) is 0 Å². The lowest BCUT2D eigenvalue weighted by Gasteiger charge is -2.50. The number of ether oxygens (including phenoxy) is 1. The van der Waals surface area contributed by atoms with Crippen molar-refractivity contribution in [2.45, 2.75) is 44.6 Å². The Balaban J connectivity index is 1.64. The van der Waals surface area contributed by atoms with Gasteiger partial charge >= 0.3 is 0 Å². The summed E-state index contributed by atoms with van der Waals surface area (Å²) in [7, 11) is 0. The maximum Gasteiger partial charge on any atom is 0.0650 e. The number of piperazine rings is 1. The molecule has 0 aromatic heterocycles. The molecule has 2 rings (SSSR count). The van der Waals surface area contributed by atoms with Crippen molar-refractivity contribution >= 4 is 11.8 Å². The predicted octanol–water partition coefficient (Wildman–Crippen LogP) is 2.27. The highest BCUT2D eigenvalue weighted by Crippen LogP contribution is 2.43. The summed E-state index contributed by atoms with van der Waals surface area (Å²) in [5.41, 5.74) is -0.00211. The summed E-state index contributed by atoms with van der Waals surface area (Å²) in [6, 6.07) is 0. The van der Waals surface area contributed by atoms with E-state index in [0.29, 0.717) is 4.87 Å². The van der Waals surface area contributed by atoms with Crippen molar-refractivity contribution in [1.82, 2.24) is 9.80 Å². The Morgan fingerprint density at radius 2 is 1.78 bits per heavy atom. The smallest absolute Gasteiger partial charge is 0.0650 e. The number of hydrogen-bond donors (Lipinski definition) is 0. The molecule has 1 atom stereocenters. The normalized spacial score (nSPS) is 31.3. The average molecular weight is 272 g/mol. The Labute approximate surface area is 116 Å². The summed E-state index contributed by atoms with van der Waals surface area (Å²) in [4.78, 5) is 5.66. The van der Waals surface area contributed by atoms with E-state index in [-0.39, 0.29) is 5.60 Å². The Morgan fingerprint density at radius 1 is 1.17 bits per heavy atom. The first-order valence-corrected chi connectivity index (χ1v) is 8.13. The van der Waals surface area contributed by atoms with Crippen molar-refractivity contribution in [2.75, 3.05) is 45.1 Å². The van der Waals surface area contributed by atoms with Crippen LogP contribution < -0.4 is 0 Å². The predicted molar refractivity (Wildman–Crippen MR) is 79.2 cm³/mol. The third-order valence-electron chi connectivity index (χ3n) is 3.96. The van der Waals surface area contributed by atoms with Crippen molar-refractivity contribution < 1.29 is 4.74 Å². The first-order valence-electron chi connectivity index (χ1n) is 7.14. The van der Waals surface area contributed by atoms with E-state index in [4.69, 9.17) is 4.74 Å². The van der Waals surface area contributed by atoms with E-state index in [1.165, 1.54) is 38.4 Å². The number of nitrogens with zero attached hydrogens (tertiary/aromatic N) is 2. The van der Waals surface area contributed by atoms with Crippen LogP contribution in [0.25, 0.3) is 0 Å². The van der Waals surface area contributed by atoms with Crippen molar-refractivity contribution in [1.29, 1.82) is 0 Å². The zero-order chi connectivity index (χ0) is 13.2. The fourth-order valence-electron chi connectivity index (χ4n) is 2.57. The van der Waals surface area contributed by atoms with Gasteiger partial charge in [-0.25, -0.2) is 0 Å². The van der Waals surface area contributed by atoms with Crippen LogP contribution in [0.4, 0.5) is 0 Å². The molecule has 0 aliphatic carbocycles. The summed E-state index contributed by atoms with van der Waals surface area (Å²) in [6.07, 6.45) is 1.37. The van der Waals surface area contributed by atoms with Crippen LogP contribution in [0.3, 0.4) is 0 Å². The molecule has 0 amide bonds. The number of rotatable bonds is 4. The van der Waals surface area contributed by atoms with Crippen LogP contribution in [0.1, 0.15) is 34.1 Å². The summed E-state index contributed by atoms with van der Waals surface area (Å²) < 4.78 is 5.80. The van der Waals surface area contributed by atoms with Crippen LogP contribution in [-0.2, 0) is 4.74 Å². The summed E-state index contributed by atoms with van der Waals surface area (Å²) in [6.45, 7) is 15.5. The van der Waals surface area contributed by atoms with E-state index < -0.39 is 0 Å². The standard InChI is InChI=1S/C14H28N2OS/c1-13(2,3)17-11-10-15-6-8-16(9-7-15)14(4)5-12-18-14/h5-12H2,1-4H3. The highest BCUT2D eigenvalue weighted by molar-refractivity contribution is 8.01. The molecule has 2 saturated heterocycles. The second-order valence-electron chi connectivity index (χ2n) is 6.56. The molecule has 0 bridgehead atoms. The minimum atomic E-state index is -0.00211. The quantitative estimate of drug-likeness (QED) is 0.780. The van der Waals surface area contributed by atoms with Crippen LogP contribution in [0.2, 0.25) is 0 Å². The van der Waals surface area contributed by atoms with Crippen molar-refractivity contribution in [3.8, 4) is 0 Å². The van der Waals surface area contributed by atoms with Gasteiger partial charge in [-0.15, -0.1) is 11.8 Å². The van der Waals surface area contributed by atoms with E-state index in [1.54, 1.807) is 0 Å². The molecule has 0 radical (unpaired) electrons. The summed E-state index contributed by atoms with van der Waals surface area (Å²) in [5, 5.41) is 0. The van der Waals surface area contributed by atoms with Gasteiger partial charge in [-0.2, -0.15) is 0 Å². The Bertz CT molecular complexity index is 265. The number of hydrogen-bond acceptors (Lipinski definition) is 4. The van der Waals surface area contributed by atoms with Gasteiger partial charge in [0.2, 0.25) is 0 Å². The molecule has 2 heterocycles. The van der Waals surface area contributed by atoms with Gasteiger partial charge in [0.1, 0.15) is 0 Å². The fourth-order valence-corrected chi connectivity index (χ4v) is 3.73. The SMILES string of the molecule is CC(C)(C)OCCN1CCN(C2(C)CCS2)CC1. The molecule has 0 aromatic carbocycles. The van der Waals surface area contributed by atoms with Gasteiger partial charge in [0, 0.05) is 32.7 Å². The molecule has 0 spiro atoms. The minimum Gasteiger partial charge on any atom is -0.375 e. The lowest BCUT2D eigenvalue weighted by Crippen LogP contribution is -2.57. The lowest BCUT2D eigenvalue weighted by atomic mass is 10.1. The second-order valence-corrected chi connectivity index (χ2v) is 8.14. The topological polar surface area (TPSA) is 15.7 Å². The maximum absolute atomic E-state index is 5.80. The van der Waals surface area contributed by atoms with E-state index in [2.05, 4.69) is 49.3 Å². The monoisotopic (exact) mass is 272 g/mol. The molecule has 2 aliphatic heterocycles. The molecule has 3 nitrogen and oxygen atoms in total. The van der Waals surface area contributed by atoms with Crippen LogP contribution in [0, 0.1) is 0 Å². The van der Waals surface area contributed by atoms with Gasteiger partial charge in [-0.3, -0.25) is 9.80 Å². The summed E-state index contributed by atoms with van der Waals surface area (Å²) >= 11 is 2.12. The molecule has 1 unspecified atom stereocenters. The Kier molecular flexibility index (Phi) is 4.63. The molecule has 0 aromatic rings. The average Bonchev–Trinajstić information content (AvgIpc) is 2.25. The largest absolute Gasteiger partial charge is 0.375 e. The molecule has 18 heavy (non-hydrogen) atoms. The molecule has 106 valence electrons. The van der Waals surface area contributed by atoms with Crippen LogP contribution in [0.15, 0.2) is 0 Å². The molecule has 2 aliphatic rings. The number of thioether (sulfide) groups is 1. The molecular weight excluding hydrogens is 244 g/mol. The van der Waals surface area contributed by atoms with Crippen molar-refractivity contribution in [2.24, 2.45) is 0 Å². The highest BCUT2D eigenvalue weighted by atomic mass is 32.2. The van der Waals surface area contributed by atoms with Gasteiger partial charge < -0.3 is 4.74 Å². The van der Waals surface area contributed by atoms with Gasteiger partial charge in [-0.1, -0.05) is 0 Å². The maximum atomic E-state index is 5.80. The highest BCUT2D eigenvalue weighted by Gasteiger charge is 2.39. The van der Waals surface area contributed by atoms with Gasteiger partial charge in [-0.05, 0) is 39.9 Å². The fraction of sp³-hybridized carbons (Fsp3) is 1.00. The van der Waals surface area contributed by atoms with Gasteiger partial charge in [0.15, 0.2) is 0 Å². The van der Waals surface area contributed by atoms with E-state index >= 15 is 0 Å². The van der Waals surface area contributed by atoms with Crippen LogP contribution >= 0.6 is 11.8 Å². The molecular formula is C14H28N2OS. The Hall–Kier alpha value is 0.230. The second kappa shape index (κ2) is 5.70. The minimum absolute atomic E-state index is 0.00211. The molecule has 0 N–H and O–H groups in total. The van der Waals surface area contributed by atoms with E-state index in [1.807, 2.05) is 0 Å². The zero-order valence-corrected chi connectivity index (χ0v) is 13.2. The first-order chi connectivity index (χ1) is 8.39. The third kappa shape index (κ3) is 3.86. The first kappa shape index (κ1) is 14.6. The zero-order valence-electron chi connectivity index (χ0n) is 12.4. The molecule has 2 fully saturated rings. The molecule has 4 heteroatoms.